The Kier molecular flexibility index (Phi) is 6.94. The molecule has 1 unspecified atom stereocenters. The number of nitrogens with zero attached hydrogens (tertiary/aromatic N) is 5. The van der Waals surface area contributed by atoms with Crippen molar-refractivity contribution < 1.29 is 29.0 Å². The van der Waals surface area contributed by atoms with E-state index in [1.807, 2.05) is 48.6 Å². The lowest BCUT2D eigenvalue weighted by atomic mass is 9.78. The van der Waals surface area contributed by atoms with Crippen LogP contribution in [0.3, 0.4) is 0 Å². The number of hydrogen-bond donors (Lipinski definition) is 1. The lowest BCUT2D eigenvalue weighted by Crippen LogP contribution is -2.55. The highest BCUT2D eigenvalue weighted by Crippen LogP contribution is 2.53. The number of para-hydroxylation sites is 1. The van der Waals surface area contributed by atoms with Crippen LogP contribution in [-0.2, 0) is 30.5 Å². The van der Waals surface area contributed by atoms with Gasteiger partial charge < -0.3 is 24.4 Å². The number of rotatable bonds is 6. The highest BCUT2D eigenvalue weighted by molar-refractivity contribution is 5.99. The van der Waals surface area contributed by atoms with E-state index >= 15 is 0 Å². The van der Waals surface area contributed by atoms with Gasteiger partial charge in [-0.05, 0) is 44.2 Å². The van der Waals surface area contributed by atoms with Crippen LogP contribution >= 0.6 is 0 Å². The molecule has 1 N–H and O–H groups in total. The zero-order valence-corrected chi connectivity index (χ0v) is 21.7. The normalized spacial score (nSPS) is 31.6. The Bertz CT molecular complexity index is 1320. The number of unbranched alkanes of at least 4 members (excludes halogenated alkanes) is 1. The summed E-state index contributed by atoms with van der Waals surface area (Å²) in [5.74, 6) is -2.76. The lowest BCUT2D eigenvalue weighted by Gasteiger charge is -2.35. The molecule has 1 spiro atoms. The van der Waals surface area contributed by atoms with E-state index in [4.69, 9.17) is 9.47 Å². The molecule has 11 nitrogen and oxygen atoms in total. The number of esters is 1. The molecule has 1 aromatic heterocycles. The molecule has 2 fully saturated rings. The van der Waals surface area contributed by atoms with Crippen LogP contribution in [0.1, 0.15) is 32.1 Å². The molecule has 0 bridgehead atoms. The summed E-state index contributed by atoms with van der Waals surface area (Å²) < 4.78 is 13.9. The maximum atomic E-state index is 14.3. The van der Waals surface area contributed by atoms with Gasteiger partial charge in [0.25, 0.3) is 5.91 Å². The molecule has 2 saturated heterocycles. The van der Waals surface area contributed by atoms with Crippen molar-refractivity contribution in [2.75, 3.05) is 26.3 Å². The molecule has 6 rings (SSSR count). The minimum atomic E-state index is -1.31. The first-order chi connectivity index (χ1) is 19.0. The van der Waals surface area contributed by atoms with Gasteiger partial charge in [-0.3, -0.25) is 14.4 Å². The number of benzene rings is 1. The van der Waals surface area contributed by atoms with E-state index in [-0.39, 0.29) is 38.2 Å². The van der Waals surface area contributed by atoms with E-state index in [1.165, 1.54) is 0 Å². The fraction of sp³-hybridized carbons (Fsp3) is 0.536. The van der Waals surface area contributed by atoms with Crippen molar-refractivity contribution in [1.82, 2.24) is 24.8 Å². The average Bonchev–Trinajstić information content (AvgIpc) is 3.53. The van der Waals surface area contributed by atoms with E-state index in [0.29, 0.717) is 19.4 Å². The highest BCUT2D eigenvalue weighted by atomic mass is 16.6. The van der Waals surface area contributed by atoms with Crippen molar-refractivity contribution in [3.8, 4) is 0 Å². The number of likely N-dealkylation sites (tertiary alicyclic amines) is 1. The number of fused-ring (bicyclic) bond motifs is 3. The van der Waals surface area contributed by atoms with Crippen molar-refractivity contribution >= 4 is 28.8 Å². The molecule has 0 radical (unpaired) electrons. The minimum Gasteiger partial charge on any atom is -0.465 e. The predicted octanol–water partition coefficient (Wildman–Crippen LogP) is 1.42. The van der Waals surface area contributed by atoms with E-state index in [9.17, 15) is 19.5 Å². The molecular weight excluding hydrogens is 502 g/mol. The van der Waals surface area contributed by atoms with Crippen LogP contribution in [0.25, 0.3) is 11.0 Å². The van der Waals surface area contributed by atoms with Crippen LogP contribution in [0.2, 0.25) is 0 Å². The molecule has 2 aromatic rings. The SMILES string of the molecule is O=C1OCCCC/C=C\[C@H]2O[C@]34C=CCN(Cn5nnc6ccccc65)C(=O)C3N(CCCCO)C(=O)[C@@H]4[C@@H]12. The van der Waals surface area contributed by atoms with Crippen molar-refractivity contribution in [3.05, 3.63) is 48.6 Å². The summed E-state index contributed by atoms with van der Waals surface area (Å²) >= 11 is 0. The largest absolute Gasteiger partial charge is 0.465 e. The van der Waals surface area contributed by atoms with Gasteiger partial charge in [0.1, 0.15) is 29.7 Å². The Morgan fingerprint density at radius 1 is 1.08 bits per heavy atom. The number of aliphatic hydroxyl groups is 1. The van der Waals surface area contributed by atoms with E-state index in [0.717, 1.165) is 30.3 Å². The standard InChI is InChI=1S/C28H33N5O6/c34-16-7-6-15-32-24-26(36)31(18-33-20-11-5-4-10-19(20)29-30-33)14-9-13-28(24)23(25(32)35)22-21(39-28)12-3-1-2-8-17-38-27(22)37/h3-5,9-13,21-24,34H,1-2,6-8,14-18H2/b12-3-/t21-,22+,23+,24?,28+/m1/s1. The topological polar surface area (TPSA) is 127 Å². The van der Waals surface area contributed by atoms with Crippen molar-refractivity contribution in [2.24, 2.45) is 11.8 Å². The van der Waals surface area contributed by atoms with E-state index in [1.54, 1.807) is 14.5 Å². The second-order valence-corrected chi connectivity index (χ2v) is 10.6. The number of cyclic esters (lactones) is 1. The Labute approximate surface area is 226 Å². The molecule has 206 valence electrons. The number of carbonyl (C=O) groups excluding carboxylic acids is 3. The number of allylic oxidation sites excluding steroid dienone is 1. The number of amides is 2. The van der Waals surface area contributed by atoms with Gasteiger partial charge in [0.2, 0.25) is 5.91 Å². The lowest BCUT2D eigenvalue weighted by molar-refractivity contribution is -0.155. The Balaban J connectivity index is 1.38. The highest BCUT2D eigenvalue weighted by Gasteiger charge is 2.71. The van der Waals surface area contributed by atoms with Gasteiger partial charge in [0, 0.05) is 19.7 Å². The van der Waals surface area contributed by atoms with Crippen LogP contribution in [0, 0.1) is 11.8 Å². The average molecular weight is 536 g/mol. The van der Waals surface area contributed by atoms with Gasteiger partial charge in [-0.25, -0.2) is 4.68 Å². The molecule has 4 aliphatic heterocycles. The third-order valence-corrected chi connectivity index (χ3v) is 8.22. The van der Waals surface area contributed by atoms with E-state index < -0.39 is 35.6 Å². The Morgan fingerprint density at radius 3 is 2.82 bits per heavy atom. The summed E-state index contributed by atoms with van der Waals surface area (Å²) in [6, 6.07) is 6.56. The Morgan fingerprint density at radius 2 is 1.95 bits per heavy atom. The molecule has 0 aliphatic carbocycles. The molecule has 5 atom stereocenters. The number of ether oxygens (including phenoxy) is 2. The molecule has 39 heavy (non-hydrogen) atoms. The maximum absolute atomic E-state index is 14.3. The first-order valence-electron chi connectivity index (χ1n) is 13.7. The van der Waals surface area contributed by atoms with Gasteiger partial charge in [-0.1, -0.05) is 41.7 Å². The van der Waals surface area contributed by atoms with Crippen LogP contribution in [0.5, 0.6) is 0 Å². The quantitative estimate of drug-likeness (QED) is 0.334. The number of carbonyl (C=O) groups is 3. The maximum Gasteiger partial charge on any atom is 0.312 e. The molecular formula is C28H33N5O6. The molecule has 0 saturated carbocycles. The van der Waals surface area contributed by atoms with Crippen LogP contribution in [0.15, 0.2) is 48.6 Å². The van der Waals surface area contributed by atoms with Crippen molar-refractivity contribution in [1.29, 1.82) is 0 Å². The number of aromatic nitrogens is 3. The fourth-order valence-corrected chi connectivity index (χ4v) is 6.41. The van der Waals surface area contributed by atoms with E-state index in [2.05, 4.69) is 10.3 Å². The van der Waals surface area contributed by atoms with Crippen molar-refractivity contribution in [3.63, 3.8) is 0 Å². The van der Waals surface area contributed by atoms with Crippen LogP contribution in [-0.4, -0.2) is 91.7 Å². The summed E-state index contributed by atoms with van der Waals surface area (Å²) in [5, 5.41) is 17.8. The zero-order chi connectivity index (χ0) is 27.0. The van der Waals surface area contributed by atoms with Crippen molar-refractivity contribution in [2.45, 2.75) is 56.5 Å². The summed E-state index contributed by atoms with van der Waals surface area (Å²) in [6.07, 6.45) is 10.3. The molecule has 11 heteroatoms. The Hall–Kier alpha value is -3.57. The van der Waals surface area contributed by atoms with Gasteiger partial charge in [-0.15, -0.1) is 5.10 Å². The van der Waals surface area contributed by atoms with Gasteiger partial charge in [0.05, 0.1) is 24.1 Å². The number of aliphatic hydroxyl groups excluding tert-OH is 1. The summed E-state index contributed by atoms with van der Waals surface area (Å²) in [6.45, 7) is 0.985. The van der Waals surface area contributed by atoms with Gasteiger partial charge >= 0.3 is 5.97 Å². The monoisotopic (exact) mass is 535 g/mol. The van der Waals surface area contributed by atoms with Crippen LogP contribution in [0.4, 0.5) is 0 Å². The second kappa shape index (κ2) is 10.5. The second-order valence-electron chi connectivity index (χ2n) is 10.6. The molecule has 1 aromatic carbocycles. The molecule has 4 aliphatic rings. The zero-order valence-electron chi connectivity index (χ0n) is 21.7. The molecule has 2 amide bonds. The summed E-state index contributed by atoms with van der Waals surface area (Å²) in [4.78, 5) is 44.9. The predicted molar refractivity (Wildman–Crippen MR) is 139 cm³/mol. The summed E-state index contributed by atoms with van der Waals surface area (Å²) in [7, 11) is 0. The fourth-order valence-electron chi connectivity index (χ4n) is 6.41. The summed E-state index contributed by atoms with van der Waals surface area (Å²) in [5.41, 5.74) is 0.212. The molecule has 5 heterocycles. The smallest absolute Gasteiger partial charge is 0.312 e. The third-order valence-electron chi connectivity index (χ3n) is 8.22. The first-order valence-corrected chi connectivity index (χ1v) is 13.7. The third kappa shape index (κ3) is 4.33. The first kappa shape index (κ1) is 25.7. The van der Waals surface area contributed by atoms with Crippen LogP contribution < -0.4 is 0 Å². The minimum absolute atomic E-state index is 0.0149. The number of hydrogen-bond acceptors (Lipinski definition) is 8. The van der Waals surface area contributed by atoms with Gasteiger partial charge in [-0.2, -0.15) is 0 Å². The van der Waals surface area contributed by atoms with Gasteiger partial charge in [0.15, 0.2) is 0 Å².